The van der Waals surface area contributed by atoms with Gasteiger partial charge in [-0.05, 0) is 47.5 Å². The van der Waals surface area contributed by atoms with Crippen molar-refractivity contribution in [3.05, 3.63) is 110 Å². The minimum absolute atomic E-state index is 0.192. The standard InChI is InChI=1S/C24H15Cl2F2N3O/c25-19-4-2-1-3-14(19)11-30-13-29-22-18-9-16(27)7-8-21(18)31(23(22)24(30)32)12-15-5-6-17(28)10-20(15)26/h1-10,13H,11-12H2. The monoisotopic (exact) mass is 469 g/mol. The molecule has 0 N–H and O–H groups in total. The number of rotatable bonds is 4. The van der Waals surface area contributed by atoms with Gasteiger partial charge in [0.2, 0.25) is 0 Å². The molecule has 2 heterocycles. The summed E-state index contributed by atoms with van der Waals surface area (Å²) in [5.41, 5.74) is 2.41. The second kappa shape index (κ2) is 8.04. The van der Waals surface area contributed by atoms with Crippen molar-refractivity contribution in [2.24, 2.45) is 0 Å². The van der Waals surface area contributed by atoms with E-state index in [4.69, 9.17) is 23.2 Å². The van der Waals surface area contributed by atoms with Gasteiger partial charge in [0.15, 0.2) is 0 Å². The maximum atomic E-state index is 14.0. The number of aromatic nitrogens is 3. The highest BCUT2D eigenvalue weighted by Crippen LogP contribution is 2.29. The number of nitrogens with zero attached hydrogens (tertiary/aromatic N) is 3. The number of benzene rings is 3. The lowest BCUT2D eigenvalue weighted by Gasteiger charge is -2.11. The Morgan fingerprint density at radius 1 is 0.844 bits per heavy atom. The Balaban J connectivity index is 1.74. The minimum Gasteiger partial charge on any atom is -0.330 e. The molecule has 0 aliphatic heterocycles. The third kappa shape index (κ3) is 3.55. The van der Waals surface area contributed by atoms with Crippen LogP contribution in [0, 0.1) is 11.6 Å². The lowest BCUT2D eigenvalue weighted by atomic mass is 10.2. The van der Waals surface area contributed by atoms with E-state index in [-0.39, 0.29) is 23.7 Å². The quantitative estimate of drug-likeness (QED) is 0.322. The molecule has 0 amide bonds. The van der Waals surface area contributed by atoms with Crippen LogP contribution in [0.2, 0.25) is 10.0 Å². The van der Waals surface area contributed by atoms with Crippen LogP contribution in [0.1, 0.15) is 11.1 Å². The van der Waals surface area contributed by atoms with Crippen molar-refractivity contribution >= 4 is 45.1 Å². The number of hydrogen-bond acceptors (Lipinski definition) is 2. The van der Waals surface area contributed by atoms with Crippen LogP contribution < -0.4 is 5.56 Å². The zero-order valence-electron chi connectivity index (χ0n) is 16.5. The lowest BCUT2D eigenvalue weighted by Crippen LogP contribution is -2.23. The van der Waals surface area contributed by atoms with Gasteiger partial charge in [-0.1, -0.05) is 47.5 Å². The molecule has 32 heavy (non-hydrogen) atoms. The van der Waals surface area contributed by atoms with E-state index in [1.54, 1.807) is 22.8 Å². The highest BCUT2D eigenvalue weighted by Gasteiger charge is 2.18. The van der Waals surface area contributed by atoms with E-state index in [1.807, 2.05) is 18.2 Å². The molecule has 0 atom stereocenters. The van der Waals surface area contributed by atoms with Crippen molar-refractivity contribution in [1.29, 1.82) is 0 Å². The molecular formula is C24H15Cl2F2N3O. The van der Waals surface area contributed by atoms with Crippen LogP contribution in [0.4, 0.5) is 8.78 Å². The van der Waals surface area contributed by atoms with Gasteiger partial charge in [-0.25, -0.2) is 13.8 Å². The van der Waals surface area contributed by atoms with Crippen molar-refractivity contribution in [3.63, 3.8) is 0 Å². The van der Waals surface area contributed by atoms with Gasteiger partial charge in [0, 0.05) is 22.0 Å². The fourth-order valence-corrected chi connectivity index (χ4v) is 4.30. The summed E-state index contributed by atoms with van der Waals surface area (Å²) >= 11 is 12.5. The normalized spacial score (nSPS) is 11.5. The predicted molar refractivity (Wildman–Crippen MR) is 123 cm³/mol. The predicted octanol–water partition coefficient (Wildman–Crippen LogP) is 6.03. The van der Waals surface area contributed by atoms with Crippen molar-refractivity contribution in [2.75, 3.05) is 0 Å². The van der Waals surface area contributed by atoms with Gasteiger partial charge in [0.25, 0.3) is 5.56 Å². The molecular weight excluding hydrogens is 455 g/mol. The van der Waals surface area contributed by atoms with Gasteiger partial charge in [0.05, 0.1) is 18.4 Å². The highest BCUT2D eigenvalue weighted by atomic mass is 35.5. The zero-order valence-corrected chi connectivity index (χ0v) is 18.0. The Morgan fingerprint density at radius 3 is 2.34 bits per heavy atom. The average Bonchev–Trinajstić information content (AvgIpc) is 3.07. The molecule has 0 saturated heterocycles. The molecule has 2 aromatic heterocycles. The van der Waals surface area contributed by atoms with Gasteiger partial charge < -0.3 is 4.57 Å². The van der Waals surface area contributed by atoms with Crippen molar-refractivity contribution in [3.8, 4) is 0 Å². The fourth-order valence-electron chi connectivity index (χ4n) is 3.88. The molecule has 0 radical (unpaired) electrons. The summed E-state index contributed by atoms with van der Waals surface area (Å²) in [4.78, 5) is 18.0. The van der Waals surface area contributed by atoms with Crippen LogP contribution in [0.15, 0.2) is 71.8 Å². The van der Waals surface area contributed by atoms with Crippen molar-refractivity contribution < 1.29 is 8.78 Å². The summed E-state index contributed by atoms with van der Waals surface area (Å²) in [5.74, 6) is -0.884. The summed E-state index contributed by atoms with van der Waals surface area (Å²) < 4.78 is 30.7. The Morgan fingerprint density at radius 2 is 1.56 bits per heavy atom. The van der Waals surface area contributed by atoms with E-state index >= 15 is 0 Å². The van der Waals surface area contributed by atoms with Crippen LogP contribution in [0.5, 0.6) is 0 Å². The average molecular weight is 470 g/mol. The van der Waals surface area contributed by atoms with E-state index in [2.05, 4.69) is 4.98 Å². The molecule has 0 spiro atoms. The van der Waals surface area contributed by atoms with E-state index in [9.17, 15) is 13.6 Å². The summed E-state index contributed by atoms with van der Waals surface area (Å²) in [7, 11) is 0. The van der Waals surface area contributed by atoms with Crippen LogP contribution in [0.25, 0.3) is 21.9 Å². The van der Waals surface area contributed by atoms with Gasteiger partial charge in [0.1, 0.15) is 22.7 Å². The second-order valence-corrected chi connectivity index (χ2v) is 8.26. The molecule has 3 aromatic carbocycles. The van der Waals surface area contributed by atoms with Crippen LogP contribution in [-0.2, 0) is 13.1 Å². The Kier molecular flexibility index (Phi) is 5.19. The smallest absolute Gasteiger partial charge is 0.278 e. The van der Waals surface area contributed by atoms with Crippen molar-refractivity contribution in [1.82, 2.24) is 14.1 Å². The summed E-state index contributed by atoms with van der Waals surface area (Å²) in [6.07, 6.45) is 1.44. The first-order chi connectivity index (χ1) is 15.4. The summed E-state index contributed by atoms with van der Waals surface area (Å²) in [5, 5.41) is 1.29. The Labute approximate surface area is 191 Å². The number of halogens is 4. The molecule has 5 rings (SSSR count). The second-order valence-electron chi connectivity index (χ2n) is 7.45. The van der Waals surface area contributed by atoms with E-state index in [0.717, 1.165) is 5.56 Å². The van der Waals surface area contributed by atoms with Gasteiger partial charge in [-0.15, -0.1) is 0 Å². The molecule has 0 bridgehead atoms. The summed E-state index contributed by atoms with van der Waals surface area (Å²) in [6.45, 7) is 0.423. The minimum atomic E-state index is -0.452. The molecule has 0 aliphatic carbocycles. The Hall–Kier alpha value is -3.22. The first-order valence-electron chi connectivity index (χ1n) is 9.76. The maximum absolute atomic E-state index is 14.0. The summed E-state index contributed by atoms with van der Waals surface area (Å²) in [6, 6.07) is 15.6. The van der Waals surface area contributed by atoms with Gasteiger partial charge >= 0.3 is 0 Å². The van der Waals surface area contributed by atoms with E-state index < -0.39 is 11.6 Å². The largest absolute Gasteiger partial charge is 0.330 e. The molecule has 5 aromatic rings. The fraction of sp³-hybridized carbons (Fsp3) is 0.0833. The highest BCUT2D eigenvalue weighted by molar-refractivity contribution is 6.31. The maximum Gasteiger partial charge on any atom is 0.278 e. The first-order valence-corrected chi connectivity index (χ1v) is 10.5. The van der Waals surface area contributed by atoms with E-state index in [1.165, 1.54) is 35.2 Å². The lowest BCUT2D eigenvalue weighted by molar-refractivity contribution is 0.626. The first kappa shape index (κ1) is 20.7. The molecule has 4 nitrogen and oxygen atoms in total. The van der Waals surface area contributed by atoms with Gasteiger partial charge in [-0.3, -0.25) is 9.36 Å². The molecule has 8 heteroatoms. The third-order valence-corrected chi connectivity index (χ3v) is 6.15. The molecule has 0 unspecified atom stereocenters. The SMILES string of the molecule is O=c1c2c(ncn1Cc1ccccc1Cl)c1cc(F)ccc1n2Cc1ccc(F)cc1Cl. The van der Waals surface area contributed by atoms with Crippen LogP contribution in [-0.4, -0.2) is 14.1 Å². The zero-order chi connectivity index (χ0) is 22.4. The Bertz CT molecular complexity index is 1560. The van der Waals surface area contributed by atoms with Crippen LogP contribution >= 0.6 is 23.2 Å². The van der Waals surface area contributed by atoms with Gasteiger partial charge in [-0.2, -0.15) is 0 Å². The molecule has 0 fully saturated rings. The van der Waals surface area contributed by atoms with Crippen molar-refractivity contribution in [2.45, 2.75) is 13.1 Å². The topological polar surface area (TPSA) is 39.8 Å². The molecule has 0 aliphatic rings. The number of hydrogen-bond donors (Lipinski definition) is 0. The van der Waals surface area contributed by atoms with E-state index in [0.29, 0.717) is 32.5 Å². The molecule has 0 saturated carbocycles. The number of fused-ring (bicyclic) bond motifs is 3. The van der Waals surface area contributed by atoms with Crippen LogP contribution in [0.3, 0.4) is 0 Å². The molecule has 160 valence electrons. The third-order valence-electron chi connectivity index (χ3n) is 5.43.